The number of halogens is 3. The Morgan fingerprint density at radius 3 is 2.68 bits per heavy atom. The van der Waals surface area contributed by atoms with Gasteiger partial charge in [0.25, 0.3) is 5.91 Å². The summed E-state index contributed by atoms with van der Waals surface area (Å²) in [6, 6.07) is 10.4. The summed E-state index contributed by atoms with van der Waals surface area (Å²) >= 11 is 17.1. The average Bonchev–Trinajstić information content (AvgIpc) is 2.96. The second kappa shape index (κ2) is 7.35. The van der Waals surface area contributed by atoms with Crippen LogP contribution in [0, 0.1) is 10.6 Å². The number of benzene rings is 2. The van der Waals surface area contributed by atoms with Crippen molar-refractivity contribution in [2.75, 3.05) is 0 Å². The van der Waals surface area contributed by atoms with Crippen LogP contribution in [0.2, 0.25) is 10.0 Å². The number of carbonyl (C=O) groups excluding carboxylic acids is 1. The fraction of sp³-hybridized carbons (Fsp3) is 0.0625. The Morgan fingerprint density at radius 1 is 1.24 bits per heavy atom. The number of rotatable bonds is 4. The number of hydrogen-bond donors (Lipinski definition) is 2. The number of carbonyl (C=O) groups is 1. The van der Waals surface area contributed by atoms with Gasteiger partial charge in [-0.05, 0) is 54.7 Å². The fourth-order valence-electron chi connectivity index (χ4n) is 2.23. The summed E-state index contributed by atoms with van der Waals surface area (Å²) < 4.78 is 15.0. The smallest absolute Gasteiger partial charge is 0.253 e. The van der Waals surface area contributed by atoms with E-state index in [0.717, 1.165) is 0 Å². The van der Waals surface area contributed by atoms with Crippen LogP contribution in [0.3, 0.4) is 0 Å². The third-order valence-corrected chi connectivity index (χ3v) is 4.25. The quantitative estimate of drug-likeness (QED) is 0.645. The Hall–Kier alpha value is -2.22. The number of aromatic amines is 1. The van der Waals surface area contributed by atoms with E-state index in [9.17, 15) is 9.18 Å². The average molecular weight is 397 g/mol. The van der Waals surface area contributed by atoms with Crippen molar-refractivity contribution >= 4 is 41.3 Å². The molecule has 0 saturated heterocycles. The number of nitrogens with zero attached hydrogens (tertiary/aromatic N) is 2. The predicted octanol–water partition coefficient (Wildman–Crippen LogP) is 4.31. The second-order valence-corrected chi connectivity index (χ2v) is 6.29. The van der Waals surface area contributed by atoms with E-state index in [0.29, 0.717) is 26.3 Å². The highest BCUT2D eigenvalue weighted by Gasteiger charge is 2.14. The van der Waals surface area contributed by atoms with Crippen molar-refractivity contribution in [3.63, 3.8) is 0 Å². The second-order valence-electron chi connectivity index (χ2n) is 5.06. The highest BCUT2D eigenvalue weighted by Crippen LogP contribution is 2.20. The predicted molar refractivity (Wildman–Crippen MR) is 96.3 cm³/mol. The van der Waals surface area contributed by atoms with Gasteiger partial charge < -0.3 is 5.32 Å². The molecule has 0 radical (unpaired) electrons. The van der Waals surface area contributed by atoms with E-state index < -0.39 is 5.91 Å². The van der Waals surface area contributed by atoms with Crippen molar-refractivity contribution in [3.8, 4) is 5.69 Å². The minimum atomic E-state index is -0.396. The molecule has 3 rings (SSSR count). The summed E-state index contributed by atoms with van der Waals surface area (Å²) in [5.41, 5.74) is 0.891. The lowest BCUT2D eigenvalue weighted by molar-refractivity contribution is 0.0950. The molecule has 25 heavy (non-hydrogen) atoms. The van der Waals surface area contributed by atoms with Crippen LogP contribution in [0.5, 0.6) is 0 Å². The van der Waals surface area contributed by atoms with Crippen LogP contribution in [0.25, 0.3) is 5.69 Å². The molecule has 0 atom stereocenters. The van der Waals surface area contributed by atoms with Crippen molar-refractivity contribution in [1.82, 2.24) is 20.1 Å². The minimum absolute atomic E-state index is 0.0895. The largest absolute Gasteiger partial charge is 0.345 e. The number of nitrogens with one attached hydrogen (secondary N) is 2. The van der Waals surface area contributed by atoms with Crippen LogP contribution in [-0.2, 0) is 6.54 Å². The highest BCUT2D eigenvalue weighted by molar-refractivity contribution is 7.71. The maximum atomic E-state index is 13.1. The highest BCUT2D eigenvalue weighted by atomic mass is 35.5. The first-order chi connectivity index (χ1) is 12.0. The van der Waals surface area contributed by atoms with Crippen molar-refractivity contribution in [3.05, 3.63) is 74.5 Å². The minimum Gasteiger partial charge on any atom is -0.345 e. The van der Waals surface area contributed by atoms with E-state index in [-0.39, 0.29) is 17.9 Å². The fourth-order valence-corrected chi connectivity index (χ4v) is 2.86. The van der Waals surface area contributed by atoms with Gasteiger partial charge in [0.2, 0.25) is 0 Å². The van der Waals surface area contributed by atoms with E-state index in [4.69, 9.17) is 35.4 Å². The van der Waals surface area contributed by atoms with Gasteiger partial charge >= 0.3 is 0 Å². The summed E-state index contributed by atoms with van der Waals surface area (Å²) in [6.45, 7) is 0.0895. The molecule has 0 unspecified atom stereocenters. The zero-order valence-electron chi connectivity index (χ0n) is 12.6. The van der Waals surface area contributed by atoms with Crippen LogP contribution in [0.4, 0.5) is 4.39 Å². The standard InChI is InChI=1S/C16H11Cl2FN4OS/c17-9-1-6-13(18)12(7-9)15(24)20-8-14-21-22-16(25)23(14)11-4-2-10(19)3-5-11/h1-7H,8H2,(H,20,24)(H,22,25). The molecule has 1 heterocycles. The van der Waals surface area contributed by atoms with Gasteiger partial charge in [-0.25, -0.2) is 4.39 Å². The first kappa shape index (κ1) is 17.6. The van der Waals surface area contributed by atoms with Crippen LogP contribution in [0.15, 0.2) is 42.5 Å². The third-order valence-electron chi connectivity index (χ3n) is 3.41. The molecule has 0 aliphatic heterocycles. The molecule has 0 aliphatic carbocycles. The molecule has 0 bridgehead atoms. The van der Waals surface area contributed by atoms with Crippen molar-refractivity contribution in [2.24, 2.45) is 0 Å². The molecule has 2 N–H and O–H groups in total. The summed E-state index contributed by atoms with van der Waals surface area (Å²) in [6.07, 6.45) is 0. The molecule has 1 amide bonds. The van der Waals surface area contributed by atoms with Gasteiger partial charge in [0.1, 0.15) is 5.82 Å². The molecule has 0 fully saturated rings. The summed E-state index contributed by atoms with van der Waals surface area (Å²) in [5.74, 6) is -0.292. The Labute approximate surface area is 157 Å². The molecule has 128 valence electrons. The molecule has 0 aliphatic rings. The summed E-state index contributed by atoms with van der Waals surface area (Å²) in [7, 11) is 0. The van der Waals surface area contributed by atoms with Crippen molar-refractivity contribution in [1.29, 1.82) is 0 Å². The monoisotopic (exact) mass is 396 g/mol. The number of amides is 1. The van der Waals surface area contributed by atoms with Gasteiger partial charge in [-0.15, -0.1) is 0 Å². The van der Waals surface area contributed by atoms with Crippen molar-refractivity contribution in [2.45, 2.75) is 6.54 Å². The molecule has 5 nitrogen and oxygen atoms in total. The van der Waals surface area contributed by atoms with E-state index in [1.54, 1.807) is 28.8 Å². The lowest BCUT2D eigenvalue weighted by atomic mass is 10.2. The van der Waals surface area contributed by atoms with Crippen LogP contribution >= 0.6 is 35.4 Å². The van der Waals surface area contributed by atoms with Gasteiger partial charge in [-0.2, -0.15) is 5.10 Å². The van der Waals surface area contributed by atoms with Crippen LogP contribution in [-0.4, -0.2) is 20.7 Å². The van der Waals surface area contributed by atoms with E-state index in [2.05, 4.69) is 15.5 Å². The van der Waals surface area contributed by atoms with Gasteiger partial charge in [0, 0.05) is 10.7 Å². The lowest BCUT2D eigenvalue weighted by Crippen LogP contribution is -2.25. The zero-order valence-corrected chi connectivity index (χ0v) is 14.9. The topological polar surface area (TPSA) is 62.7 Å². The third kappa shape index (κ3) is 3.89. The number of H-pyrrole nitrogens is 1. The maximum Gasteiger partial charge on any atom is 0.253 e. The maximum absolute atomic E-state index is 13.1. The first-order valence-electron chi connectivity index (χ1n) is 7.11. The Kier molecular flexibility index (Phi) is 5.17. The van der Waals surface area contributed by atoms with E-state index >= 15 is 0 Å². The Bertz CT molecular complexity index is 985. The van der Waals surface area contributed by atoms with E-state index in [1.165, 1.54) is 18.2 Å². The number of hydrogen-bond acceptors (Lipinski definition) is 3. The SMILES string of the molecule is O=C(NCc1n[nH]c(=S)n1-c1ccc(F)cc1)c1cc(Cl)ccc1Cl. The van der Waals surface area contributed by atoms with Gasteiger partial charge in [-0.1, -0.05) is 23.2 Å². The van der Waals surface area contributed by atoms with Gasteiger partial charge in [0.05, 0.1) is 17.1 Å². The molecular weight excluding hydrogens is 386 g/mol. The molecule has 3 aromatic rings. The first-order valence-corrected chi connectivity index (χ1v) is 8.27. The van der Waals surface area contributed by atoms with Gasteiger partial charge in [-0.3, -0.25) is 14.5 Å². The Balaban J connectivity index is 1.83. The summed E-state index contributed by atoms with van der Waals surface area (Å²) in [5, 5.41) is 10.2. The van der Waals surface area contributed by atoms with E-state index in [1.807, 2.05) is 0 Å². The Morgan fingerprint density at radius 2 is 1.96 bits per heavy atom. The van der Waals surface area contributed by atoms with Crippen LogP contribution in [0.1, 0.15) is 16.2 Å². The zero-order chi connectivity index (χ0) is 18.0. The molecule has 0 spiro atoms. The van der Waals surface area contributed by atoms with Crippen molar-refractivity contribution < 1.29 is 9.18 Å². The molecule has 9 heteroatoms. The normalized spacial score (nSPS) is 10.7. The molecule has 0 saturated carbocycles. The van der Waals surface area contributed by atoms with Crippen LogP contribution < -0.4 is 5.32 Å². The molecule has 2 aromatic carbocycles. The van der Waals surface area contributed by atoms with Gasteiger partial charge in [0.15, 0.2) is 10.6 Å². The summed E-state index contributed by atoms with van der Waals surface area (Å²) in [4.78, 5) is 12.3. The molecular formula is C16H11Cl2FN4OS. The number of aromatic nitrogens is 3. The lowest BCUT2D eigenvalue weighted by Gasteiger charge is -2.09. The molecule has 1 aromatic heterocycles.